The first-order valence-electron chi connectivity index (χ1n) is 4.63. The van der Waals surface area contributed by atoms with Crippen LogP contribution in [0.1, 0.15) is 23.5 Å². The summed E-state index contributed by atoms with van der Waals surface area (Å²) in [5.74, 6) is -2.30. The summed E-state index contributed by atoms with van der Waals surface area (Å²) < 4.78 is 37.2. The first-order chi connectivity index (χ1) is 7.84. The number of carboxylic acids is 1. The van der Waals surface area contributed by atoms with E-state index in [1.54, 1.807) is 6.07 Å². The zero-order valence-corrected chi connectivity index (χ0v) is 8.53. The predicted octanol–water partition coefficient (Wildman–Crippen LogP) is 2.79. The number of hydrogen-bond donors (Lipinski definition) is 1. The quantitative estimate of drug-likeness (QED) is 0.887. The van der Waals surface area contributed by atoms with Crippen LogP contribution in [0.25, 0.3) is 0 Å². The average molecular weight is 243 g/mol. The number of nitriles is 1. The van der Waals surface area contributed by atoms with Gasteiger partial charge < -0.3 is 5.11 Å². The summed E-state index contributed by atoms with van der Waals surface area (Å²) in [5, 5.41) is 17.3. The molecule has 0 spiro atoms. The standard InChI is InChI=1S/C11H8F3NO2/c12-11(13,14)9-3-1-2-7(4-9)8(6-15)5-10(16)17/h1-4,8H,5H2,(H,16,17). The highest BCUT2D eigenvalue weighted by Crippen LogP contribution is 2.31. The highest BCUT2D eigenvalue weighted by molar-refractivity contribution is 5.68. The number of rotatable bonds is 3. The highest BCUT2D eigenvalue weighted by Gasteiger charge is 2.31. The molecule has 6 heteroatoms. The van der Waals surface area contributed by atoms with E-state index in [1.165, 1.54) is 6.07 Å². The molecule has 0 aliphatic heterocycles. The number of alkyl halides is 3. The average Bonchev–Trinajstić information content (AvgIpc) is 2.24. The molecule has 1 aromatic rings. The minimum absolute atomic E-state index is 0.0599. The fourth-order valence-electron chi connectivity index (χ4n) is 1.34. The molecule has 0 bridgehead atoms. The van der Waals surface area contributed by atoms with E-state index in [-0.39, 0.29) is 5.56 Å². The molecule has 0 saturated heterocycles. The maximum atomic E-state index is 12.4. The monoisotopic (exact) mass is 243 g/mol. The largest absolute Gasteiger partial charge is 0.481 e. The number of aliphatic carboxylic acids is 1. The van der Waals surface area contributed by atoms with Crippen LogP contribution in [-0.4, -0.2) is 11.1 Å². The number of halogens is 3. The number of nitrogens with zero attached hydrogens (tertiary/aromatic N) is 1. The lowest BCUT2D eigenvalue weighted by Gasteiger charge is -2.11. The Morgan fingerprint density at radius 2 is 2.12 bits per heavy atom. The van der Waals surface area contributed by atoms with Gasteiger partial charge in [0.15, 0.2) is 0 Å². The van der Waals surface area contributed by atoms with Crippen LogP contribution in [0.15, 0.2) is 24.3 Å². The van der Waals surface area contributed by atoms with Gasteiger partial charge in [-0.05, 0) is 11.6 Å². The van der Waals surface area contributed by atoms with Crippen LogP contribution in [0.2, 0.25) is 0 Å². The van der Waals surface area contributed by atoms with Crippen LogP contribution < -0.4 is 0 Å². The predicted molar refractivity (Wildman–Crippen MR) is 52.1 cm³/mol. The molecule has 0 aliphatic carbocycles. The lowest BCUT2D eigenvalue weighted by molar-refractivity contribution is -0.137. The first-order valence-corrected chi connectivity index (χ1v) is 4.63. The summed E-state index contributed by atoms with van der Waals surface area (Å²) in [5.41, 5.74) is -0.828. The van der Waals surface area contributed by atoms with Gasteiger partial charge in [0.05, 0.1) is 24.0 Å². The third-order valence-corrected chi connectivity index (χ3v) is 2.15. The van der Waals surface area contributed by atoms with Crippen LogP contribution in [0.4, 0.5) is 13.2 Å². The zero-order chi connectivity index (χ0) is 13.1. The van der Waals surface area contributed by atoms with Crippen molar-refractivity contribution in [3.63, 3.8) is 0 Å². The van der Waals surface area contributed by atoms with E-state index in [4.69, 9.17) is 10.4 Å². The van der Waals surface area contributed by atoms with E-state index in [0.717, 1.165) is 18.2 Å². The molecule has 1 aromatic carbocycles. The number of benzene rings is 1. The second-order valence-corrected chi connectivity index (χ2v) is 3.40. The molecule has 90 valence electrons. The molecule has 0 aromatic heterocycles. The Hall–Kier alpha value is -2.03. The maximum absolute atomic E-state index is 12.4. The van der Waals surface area contributed by atoms with Crippen LogP contribution in [0.5, 0.6) is 0 Å². The van der Waals surface area contributed by atoms with Gasteiger partial charge in [-0.3, -0.25) is 4.79 Å². The molecule has 1 unspecified atom stereocenters. The molecule has 1 N–H and O–H groups in total. The van der Waals surface area contributed by atoms with E-state index in [2.05, 4.69) is 0 Å². The summed E-state index contributed by atoms with van der Waals surface area (Å²) in [7, 11) is 0. The van der Waals surface area contributed by atoms with E-state index in [0.29, 0.717) is 0 Å². The van der Waals surface area contributed by atoms with Crippen LogP contribution in [-0.2, 0) is 11.0 Å². The molecule has 1 atom stereocenters. The van der Waals surface area contributed by atoms with Gasteiger partial charge >= 0.3 is 12.1 Å². The summed E-state index contributed by atoms with van der Waals surface area (Å²) >= 11 is 0. The topological polar surface area (TPSA) is 61.1 Å². The summed E-state index contributed by atoms with van der Waals surface area (Å²) in [6.45, 7) is 0. The van der Waals surface area contributed by atoms with Crippen LogP contribution in [0.3, 0.4) is 0 Å². The maximum Gasteiger partial charge on any atom is 0.416 e. The van der Waals surface area contributed by atoms with Crippen molar-refractivity contribution < 1.29 is 23.1 Å². The Balaban J connectivity index is 3.06. The van der Waals surface area contributed by atoms with Gasteiger partial charge in [-0.2, -0.15) is 18.4 Å². The van der Waals surface area contributed by atoms with E-state index >= 15 is 0 Å². The molecule has 1 rings (SSSR count). The Morgan fingerprint density at radius 3 is 2.59 bits per heavy atom. The molecule has 0 saturated carbocycles. The van der Waals surface area contributed by atoms with Crippen LogP contribution >= 0.6 is 0 Å². The van der Waals surface area contributed by atoms with Crippen LogP contribution in [0, 0.1) is 11.3 Å². The van der Waals surface area contributed by atoms with Crippen molar-refractivity contribution >= 4 is 5.97 Å². The smallest absolute Gasteiger partial charge is 0.416 e. The molecule has 0 radical (unpaired) electrons. The van der Waals surface area contributed by atoms with Crippen molar-refractivity contribution in [3.8, 4) is 6.07 Å². The van der Waals surface area contributed by atoms with Gasteiger partial charge in [0.1, 0.15) is 0 Å². The van der Waals surface area contributed by atoms with Crippen molar-refractivity contribution in [2.75, 3.05) is 0 Å². The van der Waals surface area contributed by atoms with Gasteiger partial charge in [-0.15, -0.1) is 0 Å². The summed E-state index contributed by atoms with van der Waals surface area (Å²) in [4.78, 5) is 10.5. The first kappa shape index (κ1) is 13.0. The molecule has 0 fully saturated rings. The SMILES string of the molecule is N#CC(CC(=O)O)c1cccc(C(F)(F)F)c1. The summed E-state index contributed by atoms with van der Waals surface area (Å²) in [6, 6.07) is 5.82. The molecule has 17 heavy (non-hydrogen) atoms. The summed E-state index contributed by atoms with van der Waals surface area (Å²) in [6.07, 6.45) is -5.02. The Labute approximate surface area is 95.1 Å². The fraction of sp³-hybridized carbons (Fsp3) is 0.273. The lowest BCUT2D eigenvalue weighted by Crippen LogP contribution is -2.08. The molecule has 0 heterocycles. The number of carbonyl (C=O) groups is 1. The molecule has 0 aliphatic rings. The van der Waals surface area contributed by atoms with Crippen molar-refractivity contribution in [1.29, 1.82) is 5.26 Å². The number of carboxylic acid groups (broad SMARTS) is 1. The minimum Gasteiger partial charge on any atom is -0.481 e. The second-order valence-electron chi connectivity index (χ2n) is 3.40. The van der Waals surface area contributed by atoms with Crippen molar-refractivity contribution in [2.24, 2.45) is 0 Å². The van der Waals surface area contributed by atoms with Crippen molar-refractivity contribution in [1.82, 2.24) is 0 Å². The second kappa shape index (κ2) is 4.87. The Kier molecular flexibility index (Phi) is 3.73. The number of hydrogen-bond acceptors (Lipinski definition) is 2. The van der Waals surface area contributed by atoms with Gasteiger partial charge in [-0.25, -0.2) is 0 Å². The van der Waals surface area contributed by atoms with Gasteiger partial charge in [-0.1, -0.05) is 18.2 Å². The third kappa shape index (κ3) is 3.48. The zero-order valence-electron chi connectivity index (χ0n) is 8.53. The Bertz CT molecular complexity index is 463. The van der Waals surface area contributed by atoms with E-state index in [9.17, 15) is 18.0 Å². The fourth-order valence-corrected chi connectivity index (χ4v) is 1.34. The molecular formula is C11H8F3NO2. The minimum atomic E-state index is -4.50. The molecular weight excluding hydrogens is 235 g/mol. The third-order valence-electron chi connectivity index (χ3n) is 2.15. The Morgan fingerprint density at radius 1 is 1.47 bits per heavy atom. The van der Waals surface area contributed by atoms with Crippen molar-refractivity contribution in [2.45, 2.75) is 18.5 Å². The lowest BCUT2D eigenvalue weighted by atomic mass is 9.95. The van der Waals surface area contributed by atoms with Gasteiger partial charge in [0.25, 0.3) is 0 Å². The highest BCUT2D eigenvalue weighted by atomic mass is 19.4. The molecule has 0 amide bonds. The van der Waals surface area contributed by atoms with Gasteiger partial charge in [0, 0.05) is 0 Å². The van der Waals surface area contributed by atoms with E-state index < -0.39 is 30.0 Å². The van der Waals surface area contributed by atoms with Gasteiger partial charge in [0.2, 0.25) is 0 Å². The van der Waals surface area contributed by atoms with Crippen molar-refractivity contribution in [3.05, 3.63) is 35.4 Å². The normalized spacial score (nSPS) is 12.8. The van der Waals surface area contributed by atoms with E-state index in [1.807, 2.05) is 0 Å². The molecule has 3 nitrogen and oxygen atoms in total.